The van der Waals surface area contributed by atoms with E-state index in [4.69, 9.17) is 0 Å². The van der Waals surface area contributed by atoms with Gasteiger partial charge in [0, 0.05) is 5.56 Å². The number of phenols is 2. The van der Waals surface area contributed by atoms with E-state index in [0.29, 0.717) is 12.0 Å². The van der Waals surface area contributed by atoms with Crippen molar-refractivity contribution >= 4 is 5.97 Å². The van der Waals surface area contributed by atoms with E-state index >= 15 is 0 Å². The van der Waals surface area contributed by atoms with E-state index in [2.05, 4.69) is 4.74 Å². The number of ether oxygens (including phenoxy) is 1. The first-order valence-corrected chi connectivity index (χ1v) is 4.74. The molecule has 1 aromatic carbocycles. The second-order valence-corrected chi connectivity index (χ2v) is 3.20. The van der Waals surface area contributed by atoms with Crippen molar-refractivity contribution in [2.45, 2.75) is 19.8 Å². The second kappa shape index (κ2) is 4.68. The summed E-state index contributed by atoms with van der Waals surface area (Å²) in [4.78, 5) is 11.2. The molecule has 4 heteroatoms. The number of methoxy groups -OCH3 is 1. The van der Waals surface area contributed by atoms with Crippen LogP contribution in [0.4, 0.5) is 0 Å². The minimum atomic E-state index is -0.607. The number of esters is 1. The van der Waals surface area contributed by atoms with Gasteiger partial charge in [-0.1, -0.05) is 13.3 Å². The largest absolute Gasteiger partial charge is 0.508 e. The number of benzene rings is 1. The molecular weight excluding hydrogens is 196 g/mol. The highest BCUT2D eigenvalue weighted by Crippen LogP contribution is 2.31. The Hall–Kier alpha value is -1.71. The van der Waals surface area contributed by atoms with E-state index < -0.39 is 5.97 Å². The summed E-state index contributed by atoms with van der Waals surface area (Å²) in [7, 11) is 1.24. The molecule has 0 aliphatic carbocycles. The van der Waals surface area contributed by atoms with Gasteiger partial charge in [-0.3, -0.25) is 0 Å². The topological polar surface area (TPSA) is 66.8 Å². The molecule has 1 aromatic rings. The van der Waals surface area contributed by atoms with E-state index in [9.17, 15) is 15.0 Å². The van der Waals surface area contributed by atoms with Crippen LogP contribution in [0.15, 0.2) is 12.1 Å². The van der Waals surface area contributed by atoms with Crippen molar-refractivity contribution < 1.29 is 19.7 Å². The highest BCUT2D eigenvalue weighted by atomic mass is 16.5. The first-order chi connectivity index (χ1) is 7.11. The molecule has 4 nitrogen and oxygen atoms in total. The minimum absolute atomic E-state index is 0.00185. The van der Waals surface area contributed by atoms with Crippen molar-refractivity contribution in [3.8, 4) is 11.5 Å². The van der Waals surface area contributed by atoms with Crippen LogP contribution >= 0.6 is 0 Å². The van der Waals surface area contributed by atoms with Gasteiger partial charge in [-0.15, -0.1) is 0 Å². The summed E-state index contributed by atoms with van der Waals surface area (Å²) >= 11 is 0. The molecule has 0 amide bonds. The van der Waals surface area contributed by atoms with E-state index in [-0.39, 0.29) is 17.1 Å². The molecule has 0 aliphatic rings. The van der Waals surface area contributed by atoms with Crippen LogP contribution < -0.4 is 0 Å². The number of hydrogen-bond donors (Lipinski definition) is 2. The zero-order valence-corrected chi connectivity index (χ0v) is 8.78. The number of aromatic hydroxyl groups is 2. The van der Waals surface area contributed by atoms with Gasteiger partial charge in [0.1, 0.15) is 17.1 Å². The Bertz CT molecular complexity index is 371. The summed E-state index contributed by atoms with van der Waals surface area (Å²) in [5.74, 6) is -0.796. The molecule has 2 N–H and O–H groups in total. The lowest BCUT2D eigenvalue weighted by atomic mass is 10.0. The van der Waals surface area contributed by atoms with Gasteiger partial charge >= 0.3 is 5.97 Å². The number of rotatable bonds is 3. The summed E-state index contributed by atoms with van der Waals surface area (Å²) < 4.78 is 4.51. The fraction of sp³-hybridized carbons (Fsp3) is 0.364. The lowest BCUT2D eigenvalue weighted by molar-refractivity contribution is 0.0597. The van der Waals surface area contributed by atoms with Gasteiger partial charge in [0.05, 0.1) is 7.11 Å². The van der Waals surface area contributed by atoms with Crippen LogP contribution in [-0.4, -0.2) is 23.3 Å². The summed E-state index contributed by atoms with van der Waals surface area (Å²) in [6, 6.07) is 2.73. The Morgan fingerprint density at radius 3 is 2.60 bits per heavy atom. The minimum Gasteiger partial charge on any atom is -0.508 e. The molecule has 0 saturated heterocycles. The van der Waals surface area contributed by atoms with Crippen molar-refractivity contribution in [1.82, 2.24) is 0 Å². The Labute approximate surface area is 88.1 Å². The molecule has 0 heterocycles. The molecular formula is C11H14O4. The molecule has 0 radical (unpaired) electrons. The molecule has 0 saturated carbocycles. The lowest BCUT2D eigenvalue weighted by Gasteiger charge is -2.09. The molecule has 0 atom stereocenters. The van der Waals surface area contributed by atoms with Gasteiger partial charge in [0.25, 0.3) is 0 Å². The zero-order chi connectivity index (χ0) is 11.4. The SMILES string of the molecule is CCCc1c(O)ccc(C(=O)OC)c1O. The van der Waals surface area contributed by atoms with Crippen LogP contribution in [0.5, 0.6) is 11.5 Å². The monoisotopic (exact) mass is 210 g/mol. The predicted octanol–water partition coefficient (Wildman–Crippen LogP) is 1.84. The van der Waals surface area contributed by atoms with E-state index in [1.165, 1.54) is 19.2 Å². The Morgan fingerprint density at radius 1 is 1.40 bits per heavy atom. The molecule has 0 fully saturated rings. The molecule has 0 bridgehead atoms. The number of hydrogen-bond acceptors (Lipinski definition) is 4. The van der Waals surface area contributed by atoms with Gasteiger partial charge in [-0.25, -0.2) is 4.79 Å². The highest BCUT2D eigenvalue weighted by molar-refractivity contribution is 5.93. The average Bonchev–Trinajstić information content (AvgIpc) is 2.23. The molecule has 1 rings (SSSR count). The fourth-order valence-electron chi connectivity index (χ4n) is 1.40. The fourth-order valence-corrected chi connectivity index (χ4v) is 1.40. The number of carbonyl (C=O) groups excluding carboxylic acids is 1. The Balaban J connectivity index is 3.21. The third-order valence-electron chi connectivity index (χ3n) is 2.16. The summed E-state index contributed by atoms with van der Waals surface area (Å²) in [5, 5.41) is 19.2. The smallest absolute Gasteiger partial charge is 0.341 e. The molecule has 15 heavy (non-hydrogen) atoms. The summed E-state index contributed by atoms with van der Waals surface area (Å²) in [5.41, 5.74) is 0.471. The standard InChI is InChI=1S/C11H14O4/c1-3-4-7-9(12)6-5-8(10(7)13)11(14)15-2/h5-6,12-13H,3-4H2,1-2H3. The van der Waals surface area contributed by atoms with Crippen molar-refractivity contribution in [3.63, 3.8) is 0 Å². The Kier molecular flexibility index (Phi) is 3.55. The molecule has 0 aliphatic heterocycles. The van der Waals surface area contributed by atoms with Crippen LogP contribution in [0.25, 0.3) is 0 Å². The highest BCUT2D eigenvalue weighted by Gasteiger charge is 2.17. The maximum absolute atomic E-state index is 11.2. The average molecular weight is 210 g/mol. The van der Waals surface area contributed by atoms with Gasteiger partial charge in [-0.05, 0) is 18.6 Å². The first-order valence-electron chi connectivity index (χ1n) is 4.74. The van der Waals surface area contributed by atoms with Crippen LogP contribution in [0.2, 0.25) is 0 Å². The predicted molar refractivity (Wildman–Crippen MR) is 55.1 cm³/mol. The third-order valence-corrected chi connectivity index (χ3v) is 2.16. The summed E-state index contributed by atoms with van der Waals surface area (Å²) in [6.07, 6.45) is 1.29. The second-order valence-electron chi connectivity index (χ2n) is 3.20. The molecule has 0 unspecified atom stereocenters. The van der Waals surface area contributed by atoms with Crippen LogP contribution in [-0.2, 0) is 11.2 Å². The van der Waals surface area contributed by atoms with Gasteiger partial charge < -0.3 is 14.9 Å². The van der Waals surface area contributed by atoms with Crippen LogP contribution in [0.1, 0.15) is 29.3 Å². The van der Waals surface area contributed by atoms with E-state index in [1.54, 1.807) is 0 Å². The first kappa shape index (κ1) is 11.4. The lowest BCUT2D eigenvalue weighted by Crippen LogP contribution is -2.03. The third kappa shape index (κ3) is 2.21. The molecule has 0 aromatic heterocycles. The van der Waals surface area contributed by atoms with E-state index in [0.717, 1.165) is 6.42 Å². The van der Waals surface area contributed by atoms with Crippen molar-refractivity contribution in [2.24, 2.45) is 0 Å². The van der Waals surface area contributed by atoms with Gasteiger partial charge in [0.2, 0.25) is 0 Å². The zero-order valence-electron chi connectivity index (χ0n) is 8.78. The molecule has 82 valence electrons. The van der Waals surface area contributed by atoms with Gasteiger partial charge in [0.15, 0.2) is 0 Å². The van der Waals surface area contributed by atoms with Crippen molar-refractivity contribution in [2.75, 3.05) is 7.11 Å². The number of phenolic OH excluding ortho intramolecular Hbond substituents is 2. The maximum Gasteiger partial charge on any atom is 0.341 e. The number of carbonyl (C=O) groups is 1. The normalized spacial score (nSPS) is 10.0. The summed E-state index contributed by atoms with van der Waals surface area (Å²) in [6.45, 7) is 1.92. The Morgan fingerprint density at radius 2 is 2.07 bits per heavy atom. The maximum atomic E-state index is 11.2. The van der Waals surface area contributed by atoms with Crippen molar-refractivity contribution in [3.05, 3.63) is 23.3 Å². The quantitative estimate of drug-likeness (QED) is 0.747. The molecule has 0 spiro atoms. The van der Waals surface area contributed by atoms with Crippen LogP contribution in [0, 0.1) is 0 Å². The van der Waals surface area contributed by atoms with Crippen molar-refractivity contribution in [1.29, 1.82) is 0 Å². The van der Waals surface area contributed by atoms with Gasteiger partial charge in [-0.2, -0.15) is 0 Å². The van der Waals surface area contributed by atoms with Crippen LogP contribution in [0.3, 0.4) is 0 Å². The van der Waals surface area contributed by atoms with E-state index in [1.807, 2.05) is 6.92 Å².